The summed E-state index contributed by atoms with van der Waals surface area (Å²) in [5, 5.41) is 33.0. The number of Topliss-reactive ketones (excluding diaryl/α,β-unsaturated/α-hetero) is 1. The number of hydrogen-bond acceptors (Lipinski definition) is 6. The van der Waals surface area contributed by atoms with Gasteiger partial charge in [-0.3, -0.25) is 4.79 Å². The maximum absolute atomic E-state index is 12.3. The molecular formula is C19H26N4O3. The van der Waals surface area contributed by atoms with Gasteiger partial charge in [-0.05, 0) is 50.0 Å². The molecule has 7 nitrogen and oxygen atoms in total. The molecular weight excluding hydrogens is 332 g/mol. The van der Waals surface area contributed by atoms with Crippen molar-refractivity contribution in [3.8, 4) is 0 Å². The summed E-state index contributed by atoms with van der Waals surface area (Å²) in [5.74, 6) is 0.326. The van der Waals surface area contributed by atoms with Crippen molar-refractivity contribution in [1.29, 1.82) is 0 Å². The maximum Gasteiger partial charge on any atom is 0.210 e. The zero-order valence-electron chi connectivity index (χ0n) is 15.2. The first-order valence-electron chi connectivity index (χ1n) is 9.31. The fourth-order valence-electron chi connectivity index (χ4n) is 5.59. The summed E-state index contributed by atoms with van der Waals surface area (Å²) >= 11 is 0. The van der Waals surface area contributed by atoms with Crippen LogP contribution in [0.4, 0.5) is 5.69 Å². The first-order valence-corrected chi connectivity index (χ1v) is 9.31. The van der Waals surface area contributed by atoms with E-state index in [1.54, 1.807) is 6.20 Å². The van der Waals surface area contributed by atoms with Crippen molar-refractivity contribution in [3.05, 3.63) is 18.0 Å². The number of fused-ring (bicyclic) bond motifs is 3. The average Bonchev–Trinajstić information content (AvgIpc) is 3.00. The first kappa shape index (κ1) is 17.4. The number of aromatic nitrogens is 3. The molecule has 0 radical (unpaired) electrons. The van der Waals surface area contributed by atoms with Crippen LogP contribution in [0, 0.1) is 11.8 Å². The van der Waals surface area contributed by atoms with Crippen LogP contribution >= 0.6 is 0 Å². The van der Waals surface area contributed by atoms with Crippen molar-refractivity contribution in [2.24, 2.45) is 11.8 Å². The van der Waals surface area contributed by atoms with Crippen LogP contribution in [-0.4, -0.2) is 48.9 Å². The number of nitrogens with one attached hydrogen (secondary N) is 2. The highest BCUT2D eigenvalue weighted by molar-refractivity contribution is 6.06. The minimum absolute atomic E-state index is 0.161. The summed E-state index contributed by atoms with van der Waals surface area (Å²) in [6, 6.07) is 1.86. The van der Waals surface area contributed by atoms with E-state index in [4.69, 9.17) is 0 Å². The van der Waals surface area contributed by atoms with Crippen molar-refractivity contribution in [2.45, 2.75) is 57.1 Å². The number of carbonyl (C=O) groups excluding carboxylic acids is 1. The number of H-pyrrole nitrogens is 1. The van der Waals surface area contributed by atoms with Gasteiger partial charge in [0, 0.05) is 17.1 Å². The molecule has 2 heterocycles. The Morgan fingerprint density at radius 3 is 2.62 bits per heavy atom. The Morgan fingerprint density at radius 1 is 1.27 bits per heavy atom. The van der Waals surface area contributed by atoms with E-state index in [-0.39, 0.29) is 11.2 Å². The molecule has 0 saturated heterocycles. The Bertz CT molecular complexity index is 832. The van der Waals surface area contributed by atoms with E-state index in [2.05, 4.69) is 34.3 Å². The molecule has 2 saturated carbocycles. The van der Waals surface area contributed by atoms with E-state index in [1.807, 2.05) is 6.07 Å². The van der Waals surface area contributed by atoms with Crippen LogP contribution in [0.2, 0.25) is 0 Å². The second-order valence-electron chi connectivity index (χ2n) is 8.58. The Labute approximate surface area is 152 Å². The van der Waals surface area contributed by atoms with Crippen molar-refractivity contribution < 1.29 is 15.0 Å². The number of aliphatic hydroxyl groups is 2. The number of aromatic amines is 1. The molecule has 2 aliphatic carbocycles. The highest BCUT2D eigenvalue weighted by Crippen LogP contribution is 2.51. The molecule has 0 aliphatic heterocycles. The normalized spacial score (nSPS) is 34.0. The van der Waals surface area contributed by atoms with Crippen molar-refractivity contribution >= 4 is 22.5 Å². The molecule has 0 spiro atoms. The van der Waals surface area contributed by atoms with E-state index in [1.165, 1.54) is 0 Å². The molecule has 0 aromatic carbocycles. The highest BCUT2D eigenvalue weighted by atomic mass is 16.3. The predicted molar refractivity (Wildman–Crippen MR) is 98.0 cm³/mol. The maximum atomic E-state index is 12.3. The van der Waals surface area contributed by atoms with Crippen LogP contribution in [0.25, 0.3) is 11.0 Å². The minimum Gasteiger partial charge on any atom is -0.390 e. The highest BCUT2D eigenvalue weighted by Gasteiger charge is 2.51. The zero-order valence-corrected chi connectivity index (χ0v) is 15.2. The smallest absolute Gasteiger partial charge is 0.210 e. The van der Waals surface area contributed by atoms with Crippen LogP contribution in [-0.2, 0) is 0 Å². The number of nitrogens with zero attached hydrogens (tertiary/aromatic N) is 2. The van der Waals surface area contributed by atoms with Crippen LogP contribution in [0.1, 0.15) is 56.4 Å². The molecule has 2 bridgehead atoms. The summed E-state index contributed by atoms with van der Waals surface area (Å²) in [6.45, 7) is 3.74. The van der Waals surface area contributed by atoms with E-state index in [0.717, 1.165) is 31.1 Å². The molecule has 7 heteroatoms. The van der Waals surface area contributed by atoms with Gasteiger partial charge in [-0.1, -0.05) is 13.8 Å². The molecule has 1 unspecified atom stereocenters. The standard InChI is InChI=1S/C19H26N4O3/c1-11-5-18(6-12(2)8-19(26,7-11)10-18)21-15-13-3-4-20-17(13)23-22-16(15)14(25)9-24/h3-4,11-12,24,26H,5-10H2,1-2H3,(H2,20,21,23)/t11-,12+,18+,19?. The lowest BCUT2D eigenvalue weighted by atomic mass is 9.59. The molecule has 2 fully saturated rings. The Kier molecular flexibility index (Phi) is 4.04. The molecule has 4 rings (SSSR count). The van der Waals surface area contributed by atoms with Gasteiger partial charge in [-0.25, -0.2) is 0 Å². The van der Waals surface area contributed by atoms with Crippen LogP contribution in [0.5, 0.6) is 0 Å². The van der Waals surface area contributed by atoms with Gasteiger partial charge in [0.05, 0.1) is 11.3 Å². The minimum atomic E-state index is -0.665. The first-order chi connectivity index (χ1) is 12.3. The molecule has 140 valence electrons. The molecule has 26 heavy (non-hydrogen) atoms. The second-order valence-corrected chi connectivity index (χ2v) is 8.58. The summed E-state index contributed by atoms with van der Waals surface area (Å²) < 4.78 is 0. The third-order valence-electron chi connectivity index (χ3n) is 5.88. The average molecular weight is 358 g/mol. The zero-order chi connectivity index (χ0) is 18.5. The molecule has 2 aliphatic rings. The summed E-state index contributed by atoms with van der Waals surface area (Å²) in [6.07, 6.45) is 5.92. The number of carbonyl (C=O) groups is 1. The fourth-order valence-corrected chi connectivity index (χ4v) is 5.59. The molecule has 2 aromatic heterocycles. The lowest BCUT2D eigenvalue weighted by molar-refractivity contribution is -0.0838. The van der Waals surface area contributed by atoms with E-state index >= 15 is 0 Å². The van der Waals surface area contributed by atoms with Crippen molar-refractivity contribution in [3.63, 3.8) is 0 Å². The number of ketones is 1. The predicted octanol–water partition coefficient (Wildman–Crippen LogP) is 2.26. The van der Waals surface area contributed by atoms with Crippen LogP contribution in [0.15, 0.2) is 12.3 Å². The van der Waals surface area contributed by atoms with Crippen molar-refractivity contribution in [1.82, 2.24) is 15.2 Å². The van der Waals surface area contributed by atoms with Gasteiger partial charge in [0.15, 0.2) is 11.3 Å². The molecule has 2 aromatic rings. The lowest BCUT2D eigenvalue weighted by Gasteiger charge is -2.54. The lowest BCUT2D eigenvalue weighted by Crippen LogP contribution is -2.57. The Balaban J connectivity index is 1.80. The number of aliphatic hydroxyl groups excluding tert-OH is 1. The molecule has 4 N–H and O–H groups in total. The van der Waals surface area contributed by atoms with E-state index < -0.39 is 18.0 Å². The number of rotatable bonds is 4. The third kappa shape index (κ3) is 2.89. The van der Waals surface area contributed by atoms with Gasteiger partial charge in [0.2, 0.25) is 5.78 Å². The third-order valence-corrected chi connectivity index (χ3v) is 5.88. The monoisotopic (exact) mass is 358 g/mol. The second kappa shape index (κ2) is 6.03. The SMILES string of the molecule is C[C@@H]1CC2(O)C[C@H](C)C[C@](Nc3c(C(=O)CO)nnc4[nH]ccc34)(C1)C2. The molecule has 0 amide bonds. The summed E-state index contributed by atoms with van der Waals surface area (Å²) in [5.41, 5.74) is 0.416. The van der Waals surface area contributed by atoms with Gasteiger partial charge >= 0.3 is 0 Å². The number of hydrogen-bond donors (Lipinski definition) is 4. The topological polar surface area (TPSA) is 111 Å². The van der Waals surface area contributed by atoms with Gasteiger partial charge in [0.1, 0.15) is 6.61 Å². The van der Waals surface area contributed by atoms with E-state index in [9.17, 15) is 15.0 Å². The van der Waals surface area contributed by atoms with E-state index in [0.29, 0.717) is 29.6 Å². The quantitative estimate of drug-likeness (QED) is 0.624. The molecule has 4 atom stereocenters. The summed E-state index contributed by atoms with van der Waals surface area (Å²) in [7, 11) is 0. The van der Waals surface area contributed by atoms with Crippen LogP contribution < -0.4 is 5.32 Å². The Hall–Kier alpha value is -1.99. The van der Waals surface area contributed by atoms with Gasteiger partial charge < -0.3 is 20.5 Å². The van der Waals surface area contributed by atoms with Crippen LogP contribution in [0.3, 0.4) is 0 Å². The van der Waals surface area contributed by atoms with Gasteiger partial charge in [-0.2, -0.15) is 0 Å². The van der Waals surface area contributed by atoms with Gasteiger partial charge in [-0.15, -0.1) is 10.2 Å². The fraction of sp³-hybridized carbons (Fsp3) is 0.632. The summed E-state index contributed by atoms with van der Waals surface area (Å²) in [4.78, 5) is 15.3. The number of anilines is 1. The van der Waals surface area contributed by atoms with Crippen molar-refractivity contribution in [2.75, 3.05) is 11.9 Å². The Morgan fingerprint density at radius 2 is 1.96 bits per heavy atom. The van der Waals surface area contributed by atoms with Gasteiger partial charge in [0.25, 0.3) is 0 Å². The largest absolute Gasteiger partial charge is 0.390 e.